The van der Waals surface area contributed by atoms with Crippen LogP contribution in [0.5, 0.6) is 0 Å². The van der Waals surface area contributed by atoms with Gasteiger partial charge in [0.05, 0.1) is 32.2 Å². The number of benzene rings is 3. The maximum Gasteiger partial charge on any atom is 0.314 e. The van der Waals surface area contributed by atoms with Gasteiger partial charge in [0.25, 0.3) is 10.0 Å². The number of aromatic nitrogens is 2. The molecule has 8 nitrogen and oxygen atoms in total. The van der Waals surface area contributed by atoms with Crippen LogP contribution in [0.25, 0.3) is 22.2 Å². The molecule has 0 unspecified atom stereocenters. The molecule has 0 amide bonds. The minimum atomic E-state index is -4.08. The van der Waals surface area contributed by atoms with Gasteiger partial charge >= 0.3 is 11.1 Å². The second-order valence-electron chi connectivity index (χ2n) is 7.18. The second kappa shape index (κ2) is 8.20. The quantitative estimate of drug-likeness (QED) is 0.380. The maximum absolute atomic E-state index is 13.6. The van der Waals surface area contributed by atoms with Crippen molar-refractivity contribution in [2.24, 2.45) is 0 Å². The third-order valence-corrected chi connectivity index (χ3v) is 6.76. The highest BCUT2D eigenvalue weighted by atomic mass is 35.5. The van der Waals surface area contributed by atoms with Gasteiger partial charge in [-0.15, -0.1) is 0 Å². The molecule has 3 aromatic carbocycles. The molecule has 0 spiro atoms. The maximum atomic E-state index is 13.6. The number of H-pyrrole nitrogens is 2. The SMILES string of the molecule is Cc1cc2[nH]c(=O)c(=O)[nH]c2cc1S(=O)(=O)Nc1ccc(-c2ccc(F)c(C#N)c2)c(Cl)c1. The van der Waals surface area contributed by atoms with E-state index < -0.39 is 27.0 Å². The summed E-state index contributed by atoms with van der Waals surface area (Å²) in [5.74, 6) is -0.655. The van der Waals surface area contributed by atoms with Crippen LogP contribution in [0.1, 0.15) is 11.1 Å². The lowest BCUT2D eigenvalue weighted by molar-refractivity contribution is 0.600. The summed E-state index contributed by atoms with van der Waals surface area (Å²) in [6.45, 7) is 1.55. The van der Waals surface area contributed by atoms with Crippen LogP contribution in [0, 0.1) is 24.1 Å². The predicted molar refractivity (Wildman–Crippen MR) is 122 cm³/mol. The molecule has 33 heavy (non-hydrogen) atoms. The van der Waals surface area contributed by atoms with Crippen LogP contribution in [-0.4, -0.2) is 18.4 Å². The van der Waals surface area contributed by atoms with E-state index in [0.29, 0.717) is 22.2 Å². The molecule has 0 radical (unpaired) electrons. The summed E-state index contributed by atoms with van der Waals surface area (Å²) >= 11 is 6.33. The molecule has 4 rings (SSSR count). The van der Waals surface area contributed by atoms with Gasteiger partial charge in [-0.2, -0.15) is 5.26 Å². The third-order valence-electron chi connectivity index (χ3n) is 4.93. The van der Waals surface area contributed by atoms with Crippen molar-refractivity contribution in [2.75, 3.05) is 4.72 Å². The van der Waals surface area contributed by atoms with E-state index >= 15 is 0 Å². The number of halogens is 2. The smallest absolute Gasteiger partial charge is 0.314 e. The highest BCUT2D eigenvalue weighted by molar-refractivity contribution is 7.92. The molecule has 0 aliphatic heterocycles. The van der Waals surface area contributed by atoms with Crippen LogP contribution in [0.15, 0.2) is 63.0 Å². The minimum absolute atomic E-state index is 0.102. The highest BCUT2D eigenvalue weighted by Crippen LogP contribution is 2.32. The Hall–Kier alpha value is -3.94. The van der Waals surface area contributed by atoms with Crippen LogP contribution in [0.4, 0.5) is 10.1 Å². The van der Waals surface area contributed by atoms with Crippen molar-refractivity contribution in [1.82, 2.24) is 9.97 Å². The first-order valence-corrected chi connectivity index (χ1v) is 11.2. The molecule has 1 aromatic heterocycles. The van der Waals surface area contributed by atoms with Crippen molar-refractivity contribution >= 4 is 38.3 Å². The Bertz CT molecular complexity index is 1700. The molecule has 0 saturated heterocycles. The lowest BCUT2D eigenvalue weighted by Gasteiger charge is -2.13. The Labute approximate surface area is 191 Å². The average Bonchev–Trinajstić information content (AvgIpc) is 2.75. The summed E-state index contributed by atoms with van der Waals surface area (Å²) in [4.78, 5) is 27.7. The predicted octanol–water partition coefficient (Wildman–Crippen LogP) is 3.66. The Morgan fingerprint density at radius 2 is 1.67 bits per heavy atom. The summed E-state index contributed by atoms with van der Waals surface area (Å²) in [7, 11) is -4.08. The van der Waals surface area contributed by atoms with Crippen molar-refractivity contribution in [3.8, 4) is 17.2 Å². The first-order valence-electron chi connectivity index (χ1n) is 9.38. The van der Waals surface area contributed by atoms with Gasteiger partial charge in [0.2, 0.25) is 0 Å². The van der Waals surface area contributed by atoms with E-state index in [1.807, 2.05) is 0 Å². The lowest BCUT2D eigenvalue weighted by atomic mass is 10.0. The van der Waals surface area contributed by atoms with Crippen molar-refractivity contribution < 1.29 is 12.8 Å². The van der Waals surface area contributed by atoms with Gasteiger partial charge in [-0.05, 0) is 54.4 Å². The third kappa shape index (κ3) is 4.24. The van der Waals surface area contributed by atoms with Crippen LogP contribution in [0.2, 0.25) is 5.02 Å². The number of nitrogens with one attached hydrogen (secondary N) is 3. The van der Waals surface area contributed by atoms with E-state index in [0.717, 1.165) is 6.07 Å². The Morgan fingerprint density at radius 3 is 2.30 bits per heavy atom. The molecule has 0 fully saturated rings. The number of hydrogen-bond acceptors (Lipinski definition) is 5. The molecule has 11 heteroatoms. The van der Waals surface area contributed by atoms with E-state index in [1.165, 1.54) is 36.4 Å². The fourth-order valence-electron chi connectivity index (χ4n) is 3.34. The Kier molecular flexibility index (Phi) is 5.53. The number of hydrogen-bond donors (Lipinski definition) is 3. The van der Waals surface area contributed by atoms with E-state index in [2.05, 4.69) is 14.7 Å². The largest absolute Gasteiger partial charge is 0.316 e. The Balaban J connectivity index is 1.70. The van der Waals surface area contributed by atoms with E-state index in [4.69, 9.17) is 16.9 Å². The van der Waals surface area contributed by atoms with Gasteiger partial charge in [-0.25, -0.2) is 12.8 Å². The van der Waals surface area contributed by atoms with Crippen molar-refractivity contribution in [3.05, 3.63) is 91.2 Å². The monoisotopic (exact) mass is 484 g/mol. The first-order chi connectivity index (χ1) is 15.6. The fraction of sp³-hybridized carbons (Fsp3) is 0.0455. The topological polar surface area (TPSA) is 136 Å². The number of aryl methyl sites for hydroxylation is 1. The van der Waals surface area contributed by atoms with Crippen molar-refractivity contribution in [3.63, 3.8) is 0 Å². The zero-order chi connectivity index (χ0) is 23.9. The molecule has 0 bridgehead atoms. The summed E-state index contributed by atoms with van der Waals surface area (Å²) in [5.41, 5.74) is 0.0631. The molecule has 166 valence electrons. The normalized spacial score (nSPS) is 11.3. The summed E-state index contributed by atoms with van der Waals surface area (Å²) < 4.78 is 42.0. The van der Waals surface area contributed by atoms with Crippen molar-refractivity contribution in [2.45, 2.75) is 11.8 Å². The van der Waals surface area contributed by atoms with Gasteiger partial charge in [-0.3, -0.25) is 14.3 Å². The molecule has 0 saturated carbocycles. The molecule has 4 aromatic rings. The zero-order valence-electron chi connectivity index (χ0n) is 16.9. The zero-order valence-corrected chi connectivity index (χ0v) is 18.4. The molecule has 1 heterocycles. The number of nitrogens with zero attached hydrogens (tertiary/aromatic N) is 1. The van der Waals surface area contributed by atoms with Gasteiger partial charge in [0.15, 0.2) is 0 Å². The van der Waals surface area contributed by atoms with E-state index in [-0.39, 0.29) is 26.7 Å². The molecular weight excluding hydrogens is 471 g/mol. The average molecular weight is 485 g/mol. The van der Waals surface area contributed by atoms with Crippen molar-refractivity contribution in [1.29, 1.82) is 5.26 Å². The van der Waals surface area contributed by atoms with Gasteiger partial charge in [-0.1, -0.05) is 23.7 Å². The second-order valence-corrected chi connectivity index (χ2v) is 9.24. The number of nitriles is 1. The van der Waals surface area contributed by atoms with Gasteiger partial charge < -0.3 is 9.97 Å². The molecule has 0 aliphatic rings. The molecule has 3 N–H and O–H groups in total. The Morgan fingerprint density at radius 1 is 1.00 bits per heavy atom. The van der Waals surface area contributed by atoms with Crippen LogP contribution >= 0.6 is 11.6 Å². The summed E-state index contributed by atoms with van der Waals surface area (Å²) in [5, 5.41) is 9.20. The lowest BCUT2D eigenvalue weighted by Crippen LogP contribution is -2.29. The molecular formula is C22H14ClFN4O4S. The summed E-state index contributed by atoms with van der Waals surface area (Å²) in [6.07, 6.45) is 0. The highest BCUT2D eigenvalue weighted by Gasteiger charge is 2.19. The minimum Gasteiger partial charge on any atom is -0.316 e. The number of sulfonamides is 1. The van der Waals surface area contributed by atoms with Gasteiger partial charge in [0.1, 0.15) is 11.9 Å². The number of anilines is 1. The summed E-state index contributed by atoms with van der Waals surface area (Å²) in [6, 6.07) is 12.8. The first kappa shape index (κ1) is 22.3. The number of aromatic amines is 2. The number of fused-ring (bicyclic) bond motifs is 1. The van der Waals surface area contributed by atoms with Gasteiger partial charge in [0, 0.05) is 5.56 Å². The van der Waals surface area contributed by atoms with E-state index in [1.54, 1.807) is 19.1 Å². The molecule has 0 atom stereocenters. The van der Waals surface area contributed by atoms with Crippen LogP contribution in [0.3, 0.4) is 0 Å². The van der Waals surface area contributed by atoms with Crippen LogP contribution < -0.4 is 15.8 Å². The van der Waals surface area contributed by atoms with Crippen LogP contribution in [-0.2, 0) is 10.0 Å². The van der Waals surface area contributed by atoms with E-state index in [9.17, 15) is 22.4 Å². The number of rotatable bonds is 4. The fourth-order valence-corrected chi connectivity index (χ4v) is 4.94. The standard InChI is InChI=1S/C22H14ClFN4O4S/c1-11-6-18-19(27-22(30)21(29)26-18)9-20(11)33(31,32)28-14-3-4-15(16(23)8-14)12-2-5-17(24)13(7-12)10-25/h2-9,28H,1H3,(H,26,29)(H,27,30). The molecule has 0 aliphatic carbocycles.